The molecule has 0 spiro atoms. The van der Waals surface area contributed by atoms with E-state index >= 15 is 0 Å². The largest absolute Gasteiger partial charge is 0.481 e. The summed E-state index contributed by atoms with van der Waals surface area (Å²) in [7, 11) is 0. The fraction of sp³-hybridized carbons (Fsp3) is 0.483. The molecular weight excluding hydrogens is 565 g/mol. The second-order valence-electron chi connectivity index (χ2n) is 10.7. The molecule has 0 bridgehead atoms. The predicted molar refractivity (Wildman–Crippen MR) is 134 cm³/mol. The maximum Gasteiger partial charge on any atom is 0.416 e. The zero-order valence-electron chi connectivity index (χ0n) is 22.4. The number of carboxylic acids is 1. The van der Waals surface area contributed by atoms with E-state index < -0.39 is 70.7 Å². The van der Waals surface area contributed by atoms with Crippen molar-refractivity contribution in [3.63, 3.8) is 0 Å². The SMILES string of the molecule is CC(C)C=C[C@H](c1cc(C(F)(F)F)ccc1C(F)(F)F)N1CC[C@H](C(C)C(=O)O)C[C@H]1c1ccc(C(F)(F)F)cc1. The van der Waals surface area contributed by atoms with Crippen LogP contribution in [0, 0.1) is 17.8 Å². The topological polar surface area (TPSA) is 40.5 Å². The number of rotatable bonds is 7. The van der Waals surface area contributed by atoms with Crippen molar-refractivity contribution in [2.75, 3.05) is 6.54 Å². The number of piperidine rings is 1. The van der Waals surface area contributed by atoms with Crippen LogP contribution in [-0.2, 0) is 23.3 Å². The summed E-state index contributed by atoms with van der Waals surface area (Å²) in [5, 5.41) is 9.57. The van der Waals surface area contributed by atoms with Crippen LogP contribution in [0.5, 0.6) is 0 Å². The number of nitrogens with zero attached hydrogens (tertiary/aromatic N) is 1. The summed E-state index contributed by atoms with van der Waals surface area (Å²) < 4.78 is 123. The summed E-state index contributed by atoms with van der Waals surface area (Å²) >= 11 is 0. The molecule has 1 heterocycles. The molecule has 3 nitrogen and oxygen atoms in total. The van der Waals surface area contributed by atoms with Crippen molar-refractivity contribution in [3.8, 4) is 0 Å². The Labute approximate surface area is 231 Å². The summed E-state index contributed by atoms with van der Waals surface area (Å²) in [6.07, 6.45) is -11.4. The average Bonchev–Trinajstić information content (AvgIpc) is 2.86. The molecule has 1 fully saturated rings. The highest BCUT2D eigenvalue weighted by Gasteiger charge is 2.43. The molecule has 4 atom stereocenters. The molecular formula is C29H30F9NO2. The van der Waals surface area contributed by atoms with Crippen molar-refractivity contribution >= 4 is 5.97 Å². The third kappa shape index (κ3) is 7.84. The van der Waals surface area contributed by atoms with Crippen LogP contribution in [0.3, 0.4) is 0 Å². The second-order valence-corrected chi connectivity index (χ2v) is 10.7. The summed E-state index contributed by atoms with van der Waals surface area (Å²) in [5.41, 5.74) is -3.86. The molecule has 1 aliphatic rings. The molecule has 0 saturated carbocycles. The van der Waals surface area contributed by atoms with Crippen LogP contribution in [0.25, 0.3) is 0 Å². The number of benzene rings is 2. The molecule has 2 aromatic carbocycles. The van der Waals surface area contributed by atoms with Crippen LogP contribution in [0.1, 0.15) is 73.5 Å². The fourth-order valence-electron chi connectivity index (χ4n) is 5.18. The molecule has 12 heteroatoms. The van der Waals surface area contributed by atoms with Crippen LogP contribution in [-0.4, -0.2) is 22.5 Å². The standard InChI is InChI=1S/C29H30F9NO2/c1-16(2)4-11-24(22-15-21(28(33,34)35)9-10-23(22)29(36,37)38)39-13-12-19(17(3)26(40)41)14-25(39)18-5-7-20(8-6-18)27(30,31)32/h4-11,15-17,19,24-25H,12-14H2,1-3H3,(H,40,41)/t17?,19-,24+,25-/m0/s1. The van der Waals surface area contributed by atoms with E-state index in [9.17, 15) is 49.4 Å². The summed E-state index contributed by atoms with van der Waals surface area (Å²) in [5.74, 6) is -2.64. The number of allylic oxidation sites excluding steroid dienone is 1. The molecule has 3 rings (SSSR count). The minimum Gasteiger partial charge on any atom is -0.481 e. The molecule has 41 heavy (non-hydrogen) atoms. The molecule has 226 valence electrons. The molecule has 2 aromatic rings. The highest BCUT2D eigenvalue weighted by molar-refractivity contribution is 5.69. The van der Waals surface area contributed by atoms with Gasteiger partial charge in [0.1, 0.15) is 0 Å². The first-order chi connectivity index (χ1) is 18.8. The number of alkyl halides is 9. The predicted octanol–water partition coefficient (Wildman–Crippen LogP) is 9.17. The van der Waals surface area contributed by atoms with Gasteiger partial charge in [0.25, 0.3) is 0 Å². The lowest BCUT2D eigenvalue weighted by molar-refractivity contribution is -0.144. The number of aliphatic carboxylic acids is 1. The fourth-order valence-corrected chi connectivity index (χ4v) is 5.18. The average molecular weight is 596 g/mol. The van der Waals surface area contributed by atoms with Crippen molar-refractivity contribution in [1.29, 1.82) is 0 Å². The molecule has 1 aliphatic heterocycles. The van der Waals surface area contributed by atoms with E-state index in [0.717, 1.165) is 12.1 Å². The van der Waals surface area contributed by atoms with Crippen LogP contribution in [0.15, 0.2) is 54.6 Å². The van der Waals surface area contributed by atoms with Crippen molar-refractivity contribution in [1.82, 2.24) is 4.90 Å². The number of carboxylic acid groups (broad SMARTS) is 1. The Kier molecular flexibility index (Phi) is 9.57. The second kappa shape index (κ2) is 12.1. The van der Waals surface area contributed by atoms with Gasteiger partial charge in [-0.25, -0.2) is 0 Å². The van der Waals surface area contributed by atoms with Gasteiger partial charge in [-0.05, 0) is 72.7 Å². The van der Waals surface area contributed by atoms with Gasteiger partial charge < -0.3 is 5.11 Å². The number of hydrogen-bond donors (Lipinski definition) is 1. The lowest BCUT2D eigenvalue weighted by Crippen LogP contribution is -2.42. The van der Waals surface area contributed by atoms with Crippen molar-refractivity contribution in [2.45, 2.75) is 64.2 Å². The quantitative estimate of drug-likeness (QED) is 0.256. The first-order valence-corrected chi connectivity index (χ1v) is 12.9. The molecule has 1 unspecified atom stereocenters. The summed E-state index contributed by atoms with van der Waals surface area (Å²) in [6, 6.07) is 2.99. The van der Waals surface area contributed by atoms with Gasteiger partial charge in [0, 0.05) is 6.04 Å². The Morgan fingerprint density at radius 2 is 1.41 bits per heavy atom. The number of likely N-dealkylation sites (tertiary alicyclic amines) is 1. The molecule has 0 amide bonds. The van der Waals surface area contributed by atoms with E-state index in [1.807, 2.05) is 0 Å². The Morgan fingerprint density at radius 1 is 0.854 bits per heavy atom. The monoisotopic (exact) mass is 595 g/mol. The third-order valence-electron chi connectivity index (χ3n) is 7.44. The molecule has 0 radical (unpaired) electrons. The van der Waals surface area contributed by atoms with Gasteiger partial charge in [0.2, 0.25) is 0 Å². The number of carbonyl (C=O) groups is 1. The van der Waals surface area contributed by atoms with E-state index in [1.54, 1.807) is 19.9 Å². The molecule has 0 aliphatic carbocycles. The molecule has 1 saturated heterocycles. The normalized spacial score (nSPS) is 20.9. The Morgan fingerprint density at radius 3 is 1.90 bits per heavy atom. The van der Waals surface area contributed by atoms with Crippen LogP contribution >= 0.6 is 0 Å². The van der Waals surface area contributed by atoms with E-state index in [-0.39, 0.29) is 30.9 Å². The first kappa shape index (κ1) is 32.5. The van der Waals surface area contributed by atoms with Gasteiger partial charge in [-0.2, -0.15) is 39.5 Å². The summed E-state index contributed by atoms with van der Waals surface area (Å²) in [4.78, 5) is 13.2. The van der Waals surface area contributed by atoms with E-state index in [4.69, 9.17) is 0 Å². The van der Waals surface area contributed by atoms with Gasteiger partial charge in [-0.3, -0.25) is 9.69 Å². The van der Waals surface area contributed by atoms with Gasteiger partial charge in [0.15, 0.2) is 0 Å². The smallest absolute Gasteiger partial charge is 0.416 e. The lowest BCUT2D eigenvalue weighted by atomic mass is 9.78. The maximum absolute atomic E-state index is 14.1. The number of halogens is 9. The van der Waals surface area contributed by atoms with Crippen molar-refractivity contribution in [2.24, 2.45) is 17.8 Å². The van der Waals surface area contributed by atoms with Gasteiger partial charge >= 0.3 is 24.5 Å². The maximum atomic E-state index is 14.1. The van der Waals surface area contributed by atoms with E-state index in [0.29, 0.717) is 18.2 Å². The van der Waals surface area contributed by atoms with Gasteiger partial charge in [-0.1, -0.05) is 45.1 Å². The minimum absolute atomic E-state index is 0.00534. The highest BCUT2D eigenvalue weighted by Crippen LogP contribution is 2.47. The summed E-state index contributed by atoms with van der Waals surface area (Å²) in [6.45, 7) is 4.93. The third-order valence-corrected chi connectivity index (χ3v) is 7.44. The Bertz CT molecular complexity index is 1230. The van der Waals surface area contributed by atoms with Crippen LogP contribution < -0.4 is 0 Å². The van der Waals surface area contributed by atoms with Gasteiger partial charge in [-0.15, -0.1) is 0 Å². The van der Waals surface area contributed by atoms with Gasteiger partial charge in [0.05, 0.1) is 28.7 Å². The lowest BCUT2D eigenvalue weighted by Gasteiger charge is -2.45. The number of hydrogen-bond acceptors (Lipinski definition) is 2. The van der Waals surface area contributed by atoms with E-state index in [1.165, 1.54) is 30.0 Å². The Balaban J connectivity index is 2.23. The minimum atomic E-state index is -5.00. The van der Waals surface area contributed by atoms with Crippen molar-refractivity contribution in [3.05, 3.63) is 82.4 Å². The molecule has 0 aromatic heterocycles. The zero-order chi connectivity index (χ0) is 30.9. The molecule has 1 N–H and O–H groups in total. The van der Waals surface area contributed by atoms with Crippen molar-refractivity contribution < 1.29 is 49.4 Å². The van der Waals surface area contributed by atoms with Crippen LogP contribution in [0.4, 0.5) is 39.5 Å². The Hall–Kier alpha value is -3.02. The first-order valence-electron chi connectivity index (χ1n) is 12.9. The zero-order valence-corrected chi connectivity index (χ0v) is 22.4. The highest BCUT2D eigenvalue weighted by atomic mass is 19.4. The van der Waals surface area contributed by atoms with Crippen LogP contribution in [0.2, 0.25) is 0 Å². The van der Waals surface area contributed by atoms with E-state index in [2.05, 4.69) is 0 Å².